The summed E-state index contributed by atoms with van der Waals surface area (Å²) in [5, 5.41) is 3.50. The zero-order valence-electron chi connectivity index (χ0n) is 8.32. The Bertz CT molecular complexity index is 216. The topological polar surface area (TPSA) is 29.1 Å². The molecule has 1 fully saturated rings. The summed E-state index contributed by atoms with van der Waals surface area (Å²) < 4.78 is 0. The highest BCUT2D eigenvalue weighted by molar-refractivity contribution is 5.54. The lowest BCUT2D eigenvalue weighted by atomic mass is 9.80. The Balaban J connectivity index is 2.87. The first kappa shape index (κ1) is 9.50. The Hall–Kier alpha value is -0.590. The van der Waals surface area contributed by atoms with Crippen molar-refractivity contribution in [2.45, 2.75) is 51.6 Å². The highest BCUT2D eigenvalue weighted by Gasteiger charge is 2.34. The second kappa shape index (κ2) is 2.72. The molecule has 1 saturated heterocycles. The zero-order chi connectivity index (χ0) is 9.41. The first-order valence-corrected chi connectivity index (χ1v) is 4.37. The van der Waals surface area contributed by atoms with E-state index in [0.29, 0.717) is 0 Å². The Morgan fingerprint density at radius 2 is 1.58 bits per heavy atom. The molecular formula is C10H17NO. The molecule has 0 bridgehead atoms. The monoisotopic (exact) mass is 167 g/mol. The van der Waals surface area contributed by atoms with Crippen LogP contribution >= 0.6 is 0 Å². The van der Waals surface area contributed by atoms with Crippen LogP contribution in [0.1, 0.15) is 40.5 Å². The Labute approximate surface area is 74.0 Å². The Morgan fingerprint density at radius 1 is 1.17 bits per heavy atom. The van der Waals surface area contributed by atoms with Crippen molar-refractivity contribution in [2.75, 3.05) is 0 Å². The zero-order valence-corrected chi connectivity index (χ0v) is 8.32. The molecule has 68 valence electrons. The quantitative estimate of drug-likeness (QED) is 0.556. The molecule has 1 N–H and O–H groups in total. The van der Waals surface area contributed by atoms with Crippen molar-refractivity contribution >= 4 is 5.94 Å². The maximum Gasteiger partial charge on any atom is 0.123 e. The predicted octanol–water partition coefficient (Wildman–Crippen LogP) is 1.68. The van der Waals surface area contributed by atoms with Gasteiger partial charge in [-0.05, 0) is 40.5 Å². The third kappa shape index (κ3) is 2.20. The Kier molecular flexibility index (Phi) is 2.15. The van der Waals surface area contributed by atoms with E-state index in [1.165, 1.54) is 0 Å². The van der Waals surface area contributed by atoms with Gasteiger partial charge >= 0.3 is 0 Å². The second-order valence-electron chi connectivity index (χ2n) is 4.95. The van der Waals surface area contributed by atoms with Crippen molar-refractivity contribution in [1.29, 1.82) is 0 Å². The molecular weight excluding hydrogens is 150 g/mol. The van der Waals surface area contributed by atoms with Crippen LogP contribution in [0.15, 0.2) is 5.57 Å². The molecule has 0 spiro atoms. The smallest absolute Gasteiger partial charge is 0.123 e. The van der Waals surface area contributed by atoms with Crippen molar-refractivity contribution < 1.29 is 4.79 Å². The minimum Gasteiger partial charge on any atom is -0.306 e. The molecule has 2 nitrogen and oxygen atoms in total. The SMILES string of the molecule is CC1(C)CC(=C=O)CC(C)(C)N1. The molecule has 0 unspecified atom stereocenters. The third-order valence-electron chi connectivity index (χ3n) is 2.13. The number of nitrogens with one attached hydrogen (secondary N) is 1. The summed E-state index contributed by atoms with van der Waals surface area (Å²) in [6.07, 6.45) is 1.64. The van der Waals surface area contributed by atoms with Gasteiger partial charge in [0.2, 0.25) is 0 Å². The van der Waals surface area contributed by atoms with Crippen molar-refractivity contribution in [1.82, 2.24) is 5.32 Å². The lowest BCUT2D eigenvalue weighted by Gasteiger charge is -2.42. The molecule has 0 atom stereocenters. The van der Waals surface area contributed by atoms with E-state index in [1.807, 2.05) is 5.94 Å². The number of rotatable bonds is 0. The van der Waals surface area contributed by atoms with Crippen LogP contribution in [0.25, 0.3) is 0 Å². The first-order valence-electron chi connectivity index (χ1n) is 4.37. The highest BCUT2D eigenvalue weighted by Crippen LogP contribution is 2.30. The maximum absolute atomic E-state index is 10.5. The van der Waals surface area contributed by atoms with E-state index in [9.17, 15) is 4.79 Å². The lowest BCUT2D eigenvalue weighted by Crippen LogP contribution is -2.56. The van der Waals surface area contributed by atoms with Gasteiger partial charge in [0.15, 0.2) is 0 Å². The van der Waals surface area contributed by atoms with Gasteiger partial charge in [0, 0.05) is 16.7 Å². The van der Waals surface area contributed by atoms with Gasteiger partial charge in [-0.3, -0.25) is 0 Å². The normalized spacial score (nSPS) is 26.5. The molecule has 12 heavy (non-hydrogen) atoms. The van der Waals surface area contributed by atoms with E-state index in [1.54, 1.807) is 0 Å². The molecule has 0 saturated carbocycles. The van der Waals surface area contributed by atoms with Gasteiger partial charge in [0.05, 0.1) is 0 Å². The van der Waals surface area contributed by atoms with Gasteiger partial charge in [-0.1, -0.05) is 0 Å². The largest absolute Gasteiger partial charge is 0.306 e. The van der Waals surface area contributed by atoms with E-state index in [4.69, 9.17) is 0 Å². The van der Waals surface area contributed by atoms with Gasteiger partial charge in [0.1, 0.15) is 5.94 Å². The lowest BCUT2D eigenvalue weighted by molar-refractivity contribution is 0.224. The molecule has 0 aliphatic carbocycles. The van der Waals surface area contributed by atoms with Crippen molar-refractivity contribution in [3.63, 3.8) is 0 Å². The van der Waals surface area contributed by atoms with E-state index in [2.05, 4.69) is 33.0 Å². The summed E-state index contributed by atoms with van der Waals surface area (Å²) in [5.74, 6) is 2.04. The molecule has 0 radical (unpaired) electrons. The van der Waals surface area contributed by atoms with Gasteiger partial charge < -0.3 is 5.32 Å². The average molecular weight is 167 g/mol. The molecule has 0 amide bonds. The van der Waals surface area contributed by atoms with Crippen LogP contribution in [-0.4, -0.2) is 17.0 Å². The average Bonchev–Trinajstić information content (AvgIpc) is 1.80. The summed E-state index contributed by atoms with van der Waals surface area (Å²) in [7, 11) is 0. The molecule has 1 heterocycles. The fraction of sp³-hybridized carbons (Fsp3) is 0.800. The van der Waals surface area contributed by atoms with E-state index in [-0.39, 0.29) is 11.1 Å². The standard InChI is InChI=1S/C10H17NO/c1-9(2)5-8(7-12)6-10(3,4)11-9/h11H,5-6H2,1-4H3. The van der Waals surface area contributed by atoms with E-state index >= 15 is 0 Å². The fourth-order valence-corrected chi connectivity index (χ4v) is 2.21. The van der Waals surface area contributed by atoms with Gasteiger partial charge in [-0.25, -0.2) is 4.79 Å². The van der Waals surface area contributed by atoms with Crippen LogP contribution < -0.4 is 5.32 Å². The van der Waals surface area contributed by atoms with Crippen molar-refractivity contribution in [2.24, 2.45) is 0 Å². The summed E-state index contributed by atoms with van der Waals surface area (Å²) in [6.45, 7) is 8.47. The second-order valence-corrected chi connectivity index (χ2v) is 4.95. The third-order valence-corrected chi connectivity index (χ3v) is 2.13. The molecule has 1 aliphatic rings. The Morgan fingerprint density at radius 3 is 1.92 bits per heavy atom. The predicted molar refractivity (Wildman–Crippen MR) is 49.7 cm³/mol. The van der Waals surface area contributed by atoms with Crippen LogP contribution in [0, 0.1) is 0 Å². The molecule has 1 aliphatic heterocycles. The summed E-state index contributed by atoms with van der Waals surface area (Å²) in [4.78, 5) is 10.5. The number of carbonyl (C=O) groups excluding carboxylic acids is 1. The molecule has 1 rings (SSSR count). The van der Waals surface area contributed by atoms with Gasteiger partial charge in [-0.15, -0.1) is 0 Å². The van der Waals surface area contributed by atoms with Crippen LogP contribution in [-0.2, 0) is 4.79 Å². The molecule has 0 aromatic heterocycles. The highest BCUT2D eigenvalue weighted by atomic mass is 16.1. The minimum absolute atomic E-state index is 0.0362. The van der Waals surface area contributed by atoms with Crippen LogP contribution in [0.3, 0.4) is 0 Å². The number of hydrogen-bond donors (Lipinski definition) is 1. The summed E-state index contributed by atoms with van der Waals surface area (Å²) in [6, 6.07) is 0. The minimum atomic E-state index is 0.0362. The summed E-state index contributed by atoms with van der Waals surface area (Å²) >= 11 is 0. The van der Waals surface area contributed by atoms with Crippen molar-refractivity contribution in [3.8, 4) is 0 Å². The van der Waals surface area contributed by atoms with E-state index in [0.717, 1.165) is 18.4 Å². The van der Waals surface area contributed by atoms with Gasteiger partial charge in [-0.2, -0.15) is 0 Å². The first-order chi connectivity index (χ1) is 5.35. The summed E-state index contributed by atoms with van der Waals surface area (Å²) in [5.41, 5.74) is 0.979. The van der Waals surface area contributed by atoms with E-state index < -0.39 is 0 Å². The number of piperidine rings is 1. The molecule has 0 aromatic rings. The molecule has 0 aromatic carbocycles. The fourth-order valence-electron chi connectivity index (χ4n) is 2.21. The van der Waals surface area contributed by atoms with Crippen LogP contribution in [0.4, 0.5) is 0 Å². The maximum atomic E-state index is 10.5. The molecule has 2 heteroatoms. The van der Waals surface area contributed by atoms with Crippen LogP contribution in [0.2, 0.25) is 0 Å². The van der Waals surface area contributed by atoms with Crippen molar-refractivity contribution in [3.05, 3.63) is 5.57 Å². The van der Waals surface area contributed by atoms with Gasteiger partial charge in [0.25, 0.3) is 0 Å². The van der Waals surface area contributed by atoms with Crippen LogP contribution in [0.5, 0.6) is 0 Å². The number of hydrogen-bond acceptors (Lipinski definition) is 2.